The van der Waals surface area contributed by atoms with E-state index in [1.807, 2.05) is 22.9 Å². The first-order chi connectivity index (χ1) is 12.4. The number of aromatic nitrogens is 1. The van der Waals surface area contributed by atoms with Gasteiger partial charge in [-0.05, 0) is 47.5 Å². The van der Waals surface area contributed by atoms with E-state index < -0.39 is 12.2 Å². The average molecular weight is 375 g/mol. The minimum atomic E-state index is -2.95. The van der Waals surface area contributed by atoms with Crippen molar-refractivity contribution in [1.82, 2.24) is 4.98 Å². The van der Waals surface area contributed by atoms with Crippen molar-refractivity contribution in [3.63, 3.8) is 0 Å². The number of thiophene rings is 1. The Hall–Kier alpha value is -2.76. The van der Waals surface area contributed by atoms with Crippen molar-refractivity contribution in [2.75, 3.05) is 11.9 Å². The van der Waals surface area contributed by atoms with Crippen molar-refractivity contribution in [3.05, 3.63) is 52.3 Å². The number of nitriles is 1. The van der Waals surface area contributed by atoms with Gasteiger partial charge >= 0.3 is 6.61 Å². The zero-order chi connectivity index (χ0) is 18.7. The van der Waals surface area contributed by atoms with Crippen LogP contribution in [0.25, 0.3) is 10.9 Å². The summed E-state index contributed by atoms with van der Waals surface area (Å²) in [5.74, 6) is -0.0305. The maximum absolute atomic E-state index is 12.5. The second-order valence-electron chi connectivity index (χ2n) is 5.86. The molecule has 0 fully saturated rings. The Labute approximate surface area is 152 Å². The standard InChI is InChI=1S/C18H15F2N3O2S/c1-18(24,12-4-5-26-9-12)10-23-16-11(7-21)8-22-15-3-2-13(6-14(15)16)25-17(19)20/h2-6,8-9,17,24H,10H2,1H3,(H,22,23). The molecule has 0 spiro atoms. The van der Waals surface area contributed by atoms with Gasteiger partial charge in [0.25, 0.3) is 0 Å². The van der Waals surface area contributed by atoms with Crippen molar-refractivity contribution in [2.24, 2.45) is 0 Å². The van der Waals surface area contributed by atoms with Crippen molar-refractivity contribution in [3.8, 4) is 11.8 Å². The number of nitrogens with one attached hydrogen (secondary N) is 1. The number of nitrogens with zero attached hydrogens (tertiary/aromatic N) is 2. The minimum Gasteiger partial charge on any atom is -0.435 e. The summed E-state index contributed by atoms with van der Waals surface area (Å²) in [6.07, 6.45) is 1.40. The summed E-state index contributed by atoms with van der Waals surface area (Å²) < 4.78 is 29.4. The zero-order valence-corrected chi connectivity index (χ0v) is 14.6. The first-order valence-corrected chi connectivity index (χ1v) is 8.61. The van der Waals surface area contributed by atoms with Crippen LogP contribution in [-0.4, -0.2) is 23.2 Å². The van der Waals surface area contributed by atoms with Crippen LogP contribution in [0.2, 0.25) is 0 Å². The van der Waals surface area contributed by atoms with E-state index in [-0.39, 0.29) is 17.9 Å². The van der Waals surface area contributed by atoms with Gasteiger partial charge in [0.15, 0.2) is 0 Å². The highest BCUT2D eigenvalue weighted by Crippen LogP contribution is 2.31. The van der Waals surface area contributed by atoms with Gasteiger partial charge < -0.3 is 15.2 Å². The predicted octanol–water partition coefficient (Wildman–Crippen LogP) is 4.09. The summed E-state index contributed by atoms with van der Waals surface area (Å²) >= 11 is 1.47. The number of hydrogen-bond acceptors (Lipinski definition) is 6. The Kier molecular flexibility index (Phi) is 5.02. The highest BCUT2D eigenvalue weighted by molar-refractivity contribution is 7.08. The largest absolute Gasteiger partial charge is 0.435 e. The molecular weight excluding hydrogens is 360 g/mol. The lowest BCUT2D eigenvalue weighted by molar-refractivity contribution is -0.0497. The molecule has 0 radical (unpaired) electrons. The van der Waals surface area contributed by atoms with Crippen molar-refractivity contribution < 1.29 is 18.6 Å². The highest BCUT2D eigenvalue weighted by atomic mass is 32.1. The molecule has 0 saturated carbocycles. The second-order valence-corrected chi connectivity index (χ2v) is 6.64. The first kappa shape index (κ1) is 18.0. The van der Waals surface area contributed by atoms with Crippen LogP contribution in [0.3, 0.4) is 0 Å². The molecule has 2 aromatic heterocycles. The molecule has 0 aliphatic carbocycles. The van der Waals surface area contributed by atoms with Crippen molar-refractivity contribution in [2.45, 2.75) is 19.1 Å². The van der Waals surface area contributed by atoms with Crippen LogP contribution in [0, 0.1) is 11.3 Å². The minimum absolute atomic E-state index is 0.0305. The quantitative estimate of drug-likeness (QED) is 0.679. The van der Waals surface area contributed by atoms with E-state index in [1.165, 1.54) is 35.7 Å². The molecule has 26 heavy (non-hydrogen) atoms. The molecule has 0 saturated heterocycles. The molecule has 134 valence electrons. The molecule has 0 aliphatic rings. The van der Waals surface area contributed by atoms with Crippen molar-refractivity contribution in [1.29, 1.82) is 5.26 Å². The SMILES string of the molecule is CC(O)(CNc1c(C#N)cnc2ccc(OC(F)F)cc12)c1ccsc1. The van der Waals surface area contributed by atoms with E-state index in [4.69, 9.17) is 0 Å². The molecule has 2 N–H and O–H groups in total. The van der Waals surface area contributed by atoms with Crippen LogP contribution in [0.15, 0.2) is 41.2 Å². The third-order valence-corrected chi connectivity index (χ3v) is 4.62. The summed E-state index contributed by atoms with van der Waals surface area (Å²) in [5, 5.41) is 27.3. The summed E-state index contributed by atoms with van der Waals surface area (Å²) in [5.41, 5.74) is 0.747. The Bertz CT molecular complexity index is 953. The van der Waals surface area contributed by atoms with Gasteiger partial charge in [-0.1, -0.05) is 0 Å². The topological polar surface area (TPSA) is 78.2 Å². The predicted molar refractivity (Wildman–Crippen MR) is 95.5 cm³/mol. The lowest BCUT2D eigenvalue weighted by Crippen LogP contribution is -2.30. The van der Waals surface area contributed by atoms with Gasteiger partial charge in [0.05, 0.1) is 16.8 Å². The number of pyridine rings is 1. The smallest absolute Gasteiger partial charge is 0.387 e. The molecular formula is C18H15F2N3O2S. The summed E-state index contributed by atoms with van der Waals surface area (Å²) in [4.78, 5) is 4.16. The lowest BCUT2D eigenvalue weighted by Gasteiger charge is -2.24. The Morgan fingerprint density at radius 1 is 1.42 bits per heavy atom. The van der Waals surface area contributed by atoms with Gasteiger partial charge in [0, 0.05) is 18.1 Å². The van der Waals surface area contributed by atoms with Gasteiger partial charge in [-0.3, -0.25) is 4.98 Å². The summed E-state index contributed by atoms with van der Waals surface area (Å²) in [6, 6.07) is 8.17. The molecule has 2 heterocycles. The number of benzene rings is 1. The number of rotatable bonds is 6. The van der Waals surface area contributed by atoms with E-state index in [9.17, 15) is 19.1 Å². The molecule has 0 amide bonds. The molecule has 5 nitrogen and oxygen atoms in total. The normalized spacial score (nSPS) is 13.4. The highest BCUT2D eigenvalue weighted by Gasteiger charge is 2.24. The van der Waals surface area contributed by atoms with E-state index in [0.717, 1.165) is 5.56 Å². The molecule has 1 unspecified atom stereocenters. The van der Waals surface area contributed by atoms with Crippen LogP contribution < -0.4 is 10.1 Å². The second kappa shape index (κ2) is 7.23. The third kappa shape index (κ3) is 3.74. The van der Waals surface area contributed by atoms with Gasteiger partial charge in [-0.15, -0.1) is 0 Å². The number of ether oxygens (including phenoxy) is 1. The third-order valence-electron chi connectivity index (χ3n) is 3.94. The van der Waals surface area contributed by atoms with Gasteiger partial charge in [0.1, 0.15) is 17.4 Å². The summed E-state index contributed by atoms with van der Waals surface area (Å²) in [6.45, 7) is -1.17. The Morgan fingerprint density at radius 2 is 2.23 bits per heavy atom. The maximum Gasteiger partial charge on any atom is 0.387 e. The first-order valence-electron chi connectivity index (χ1n) is 7.67. The number of halogens is 2. The van der Waals surface area contributed by atoms with Crippen LogP contribution in [0.5, 0.6) is 5.75 Å². The van der Waals surface area contributed by atoms with Gasteiger partial charge in [-0.2, -0.15) is 25.4 Å². The molecule has 0 aliphatic heterocycles. The molecule has 0 bridgehead atoms. The van der Waals surface area contributed by atoms with Crippen LogP contribution in [0.1, 0.15) is 18.1 Å². The number of hydrogen-bond donors (Lipinski definition) is 2. The van der Waals surface area contributed by atoms with E-state index in [0.29, 0.717) is 16.6 Å². The molecule has 1 atom stereocenters. The number of anilines is 1. The Balaban J connectivity index is 1.98. The maximum atomic E-state index is 12.5. The fourth-order valence-corrected chi connectivity index (χ4v) is 3.34. The van der Waals surface area contributed by atoms with Crippen molar-refractivity contribution >= 4 is 27.9 Å². The van der Waals surface area contributed by atoms with Gasteiger partial charge in [-0.25, -0.2) is 0 Å². The number of alkyl halides is 2. The Morgan fingerprint density at radius 3 is 2.88 bits per heavy atom. The number of fused-ring (bicyclic) bond motifs is 1. The molecule has 3 rings (SSSR count). The fraction of sp³-hybridized carbons (Fsp3) is 0.222. The number of aliphatic hydroxyl groups is 1. The fourth-order valence-electron chi connectivity index (χ4n) is 2.56. The van der Waals surface area contributed by atoms with Crippen LogP contribution >= 0.6 is 11.3 Å². The average Bonchev–Trinajstić information content (AvgIpc) is 3.14. The van der Waals surface area contributed by atoms with Gasteiger partial charge in [0.2, 0.25) is 0 Å². The van der Waals surface area contributed by atoms with E-state index >= 15 is 0 Å². The summed E-state index contributed by atoms with van der Waals surface area (Å²) in [7, 11) is 0. The molecule has 1 aromatic carbocycles. The van der Waals surface area contributed by atoms with E-state index in [1.54, 1.807) is 6.92 Å². The van der Waals surface area contributed by atoms with Crippen LogP contribution in [0.4, 0.5) is 14.5 Å². The monoisotopic (exact) mass is 375 g/mol. The lowest BCUT2D eigenvalue weighted by atomic mass is 9.98. The molecule has 3 aromatic rings. The van der Waals surface area contributed by atoms with E-state index in [2.05, 4.69) is 15.0 Å². The zero-order valence-electron chi connectivity index (χ0n) is 13.7. The van der Waals surface area contributed by atoms with Crippen LogP contribution in [-0.2, 0) is 5.60 Å². The molecule has 8 heteroatoms.